The van der Waals surface area contributed by atoms with E-state index in [2.05, 4.69) is 104 Å². The topological polar surface area (TPSA) is 41.4 Å². The van der Waals surface area contributed by atoms with Crippen LogP contribution in [0.2, 0.25) is 0 Å². The van der Waals surface area contributed by atoms with Gasteiger partial charge in [-0.05, 0) is 73.9 Å². The van der Waals surface area contributed by atoms with E-state index < -0.39 is 0 Å². The number of hydrogen-bond donors (Lipinski definition) is 2. The van der Waals surface area contributed by atoms with Crippen LogP contribution in [0.1, 0.15) is 37.6 Å². The Morgan fingerprint density at radius 1 is 1.19 bits per heavy atom. The van der Waals surface area contributed by atoms with Gasteiger partial charge in [0.05, 0.1) is 12.2 Å². The van der Waals surface area contributed by atoms with Crippen LogP contribution >= 0.6 is 0 Å². The number of aromatic nitrogens is 1. The number of nitrogens with one attached hydrogen (secondary N) is 2. The number of allylic oxidation sites excluding steroid dienone is 8. The van der Waals surface area contributed by atoms with Crippen LogP contribution in [0.4, 0.5) is 0 Å². The van der Waals surface area contributed by atoms with Gasteiger partial charge in [0.15, 0.2) is 0 Å². The van der Waals surface area contributed by atoms with Gasteiger partial charge in [-0.25, -0.2) is 0 Å². The molecule has 0 unspecified atom stereocenters. The van der Waals surface area contributed by atoms with Crippen LogP contribution in [0.25, 0.3) is 22.0 Å². The molecule has 0 spiro atoms. The number of benzene rings is 1. The summed E-state index contributed by atoms with van der Waals surface area (Å²) >= 11 is 0. The highest BCUT2D eigenvalue weighted by Crippen LogP contribution is 2.32. The van der Waals surface area contributed by atoms with Gasteiger partial charge in [0, 0.05) is 43.8 Å². The van der Waals surface area contributed by atoms with Gasteiger partial charge in [-0.3, -0.25) is 4.99 Å². The molecule has 1 aromatic heterocycles. The Bertz CT molecular complexity index is 1140. The third kappa shape index (κ3) is 5.38. The molecule has 0 radical (unpaired) electrons. The molecular weight excluding hydrogens is 392 g/mol. The van der Waals surface area contributed by atoms with Crippen molar-refractivity contribution in [2.75, 3.05) is 26.2 Å². The van der Waals surface area contributed by atoms with Crippen LogP contribution in [-0.2, 0) is 7.05 Å². The lowest BCUT2D eigenvalue weighted by atomic mass is 10.0. The zero-order valence-corrected chi connectivity index (χ0v) is 20.1. The van der Waals surface area contributed by atoms with Crippen molar-refractivity contribution in [3.8, 4) is 0 Å². The normalized spacial score (nSPS) is 19.0. The first-order valence-corrected chi connectivity index (χ1v) is 11.3. The molecule has 2 aromatic rings. The molecule has 2 N–H and O–H groups in total. The number of hydrogen-bond acceptors (Lipinski definition) is 3. The van der Waals surface area contributed by atoms with E-state index in [9.17, 15) is 0 Å². The van der Waals surface area contributed by atoms with Crippen LogP contribution in [0, 0.1) is 6.92 Å². The molecule has 0 bridgehead atoms. The summed E-state index contributed by atoms with van der Waals surface area (Å²) in [5, 5.41) is 7.98. The van der Waals surface area contributed by atoms with Gasteiger partial charge in [-0.15, -0.1) is 0 Å². The Labute approximate surface area is 192 Å². The lowest BCUT2D eigenvalue weighted by Crippen LogP contribution is -2.26. The molecule has 4 nitrogen and oxygen atoms in total. The maximum Gasteiger partial charge on any atom is 0.0515 e. The van der Waals surface area contributed by atoms with Gasteiger partial charge in [-0.2, -0.15) is 0 Å². The maximum atomic E-state index is 4.64. The van der Waals surface area contributed by atoms with E-state index in [0.717, 1.165) is 37.3 Å². The van der Waals surface area contributed by atoms with E-state index in [0.29, 0.717) is 0 Å². The van der Waals surface area contributed by atoms with E-state index in [1.54, 1.807) is 0 Å². The molecule has 1 aliphatic heterocycles. The molecule has 0 saturated carbocycles. The Balaban J connectivity index is 2.07. The van der Waals surface area contributed by atoms with Crippen molar-refractivity contribution in [3.05, 3.63) is 83.2 Å². The molecule has 4 heteroatoms. The third-order valence-electron chi connectivity index (χ3n) is 6.00. The minimum atomic E-state index is 0.774. The largest absolute Gasteiger partial charge is 0.390 e. The molecule has 0 amide bonds. The van der Waals surface area contributed by atoms with Crippen LogP contribution in [-0.4, -0.2) is 37.0 Å². The van der Waals surface area contributed by atoms with Crippen molar-refractivity contribution in [2.24, 2.45) is 12.0 Å². The quantitative estimate of drug-likeness (QED) is 0.625. The Morgan fingerprint density at radius 3 is 2.75 bits per heavy atom. The van der Waals surface area contributed by atoms with E-state index >= 15 is 0 Å². The van der Waals surface area contributed by atoms with Crippen LogP contribution < -0.4 is 10.6 Å². The fraction of sp³-hybridized carbons (Fsp3) is 0.321. The zero-order valence-electron chi connectivity index (χ0n) is 20.1. The maximum absolute atomic E-state index is 4.64. The molecule has 1 aliphatic rings. The second-order valence-corrected chi connectivity index (χ2v) is 8.34. The van der Waals surface area contributed by atoms with Crippen LogP contribution in [0.5, 0.6) is 0 Å². The van der Waals surface area contributed by atoms with Crippen molar-refractivity contribution in [1.82, 2.24) is 15.2 Å². The SMILES string of the molecule is C=C(C)/C(C)=C\C(=CC)c1c(C)c2ccc(/C3=C/C=C/NCCNCCN=C3)cc2n1C. The molecule has 1 aromatic carbocycles. The van der Waals surface area contributed by atoms with Crippen LogP contribution in [0.3, 0.4) is 0 Å². The van der Waals surface area contributed by atoms with Gasteiger partial charge in [0.2, 0.25) is 0 Å². The van der Waals surface area contributed by atoms with Crippen molar-refractivity contribution >= 4 is 28.3 Å². The summed E-state index contributed by atoms with van der Waals surface area (Å²) in [7, 11) is 2.15. The summed E-state index contributed by atoms with van der Waals surface area (Å²) in [6.07, 6.45) is 12.6. The zero-order chi connectivity index (χ0) is 23.1. The fourth-order valence-electron chi connectivity index (χ4n) is 3.97. The summed E-state index contributed by atoms with van der Waals surface area (Å²) in [5.41, 5.74) is 9.55. The first kappa shape index (κ1) is 23.6. The minimum absolute atomic E-state index is 0.774. The number of fused-ring (bicyclic) bond motifs is 1. The van der Waals surface area contributed by atoms with E-state index in [1.807, 2.05) is 12.4 Å². The minimum Gasteiger partial charge on any atom is -0.390 e. The van der Waals surface area contributed by atoms with E-state index in [1.165, 1.54) is 38.9 Å². The van der Waals surface area contributed by atoms with Crippen LogP contribution in [0.15, 0.2) is 71.4 Å². The molecule has 2 heterocycles. The van der Waals surface area contributed by atoms with Gasteiger partial charge < -0.3 is 15.2 Å². The van der Waals surface area contributed by atoms with Crippen molar-refractivity contribution < 1.29 is 0 Å². The highest BCUT2D eigenvalue weighted by molar-refractivity contribution is 6.11. The predicted molar refractivity (Wildman–Crippen MR) is 141 cm³/mol. The summed E-state index contributed by atoms with van der Waals surface area (Å²) in [6.45, 7) is 16.1. The smallest absolute Gasteiger partial charge is 0.0515 e. The molecule has 3 rings (SSSR count). The average Bonchev–Trinajstić information content (AvgIpc) is 3.02. The van der Waals surface area contributed by atoms with Gasteiger partial charge >= 0.3 is 0 Å². The lowest BCUT2D eigenvalue weighted by molar-refractivity contribution is 0.667. The second-order valence-electron chi connectivity index (χ2n) is 8.34. The Kier molecular flexibility index (Phi) is 8.07. The molecular formula is C28H36N4. The summed E-state index contributed by atoms with van der Waals surface area (Å²) in [6, 6.07) is 6.71. The lowest BCUT2D eigenvalue weighted by Gasteiger charge is -2.09. The monoisotopic (exact) mass is 428 g/mol. The van der Waals surface area contributed by atoms with Crippen molar-refractivity contribution in [3.63, 3.8) is 0 Å². The number of rotatable bonds is 4. The van der Waals surface area contributed by atoms with Gasteiger partial charge in [-0.1, -0.05) is 42.5 Å². The van der Waals surface area contributed by atoms with Gasteiger partial charge in [0.25, 0.3) is 0 Å². The summed E-state index contributed by atoms with van der Waals surface area (Å²) in [4.78, 5) is 4.64. The van der Waals surface area contributed by atoms with E-state index in [-0.39, 0.29) is 0 Å². The Morgan fingerprint density at radius 2 is 2.00 bits per heavy atom. The highest BCUT2D eigenvalue weighted by Gasteiger charge is 2.15. The highest BCUT2D eigenvalue weighted by atomic mass is 15.0. The number of aliphatic imine (C=N–C) groups is 1. The second kappa shape index (κ2) is 11.0. The molecule has 0 saturated heterocycles. The first-order valence-electron chi connectivity index (χ1n) is 11.3. The third-order valence-corrected chi connectivity index (χ3v) is 6.00. The van der Waals surface area contributed by atoms with E-state index in [4.69, 9.17) is 0 Å². The predicted octanol–water partition coefficient (Wildman–Crippen LogP) is 5.57. The molecule has 0 aliphatic carbocycles. The Hall–Kier alpha value is -3.11. The van der Waals surface area contributed by atoms with Crippen molar-refractivity contribution in [2.45, 2.75) is 27.7 Å². The average molecular weight is 429 g/mol. The number of nitrogens with zero attached hydrogens (tertiary/aromatic N) is 2. The summed E-state index contributed by atoms with van der Waals surface area (Å²) in [5.74, 6) is 0. The summed E-state index contributed by atoms with van der Waals surface area (Å²) < 4.78 is 2.31. The first-order chi connectivity index (χ1) is 15.4. The van der Waals surface area contributed by atoms with Gasteiger partial charge in [0.1, 0.15) is 0 Å². The molecule has 0 fully saturated rings. The molecule has 168 valence electrons. The van der Waals surface area contributed by atoms with Crippen molar-refractivity contribution in [1.29, 1.82) is 0 Å². The standard InChI is InChI=1S/C28H36N4/c1-7-23(17-21(4)20(2)3)28-22(5)26-11-10-24(18-27(26)32(28)6)25-9-8-12-29-13-14-30-15-16-31-19-25/h7-12,17-19,29-30H,2,13-16H2,1,3-6H3/b12-8+,21-17-,23-7?,25-9+,31-19?. The molecule has 0 atom stereocenters. The molecule has 32 heavy (non-hydrogen) atoms. The number of aryl methyl sites for hydroxylation is 2. The fourth-order valence-corrected chi connectivity index (χ4v) is 3.97.